The minimum absolute atomic E-state index is 0.00941. The number of amides is 1. The monoisotopic (exact) mass is 449 g/mol. The van der Waals surface area contributed by atoms with Gasteiger partial charge in [-0.3, -0.25) is 14.2 Å². The van der Waals surface area contributed by atoms with Crippen LogP contribution in [0, 0.1) is 6.92 Å². The summed E-state index contributed by atoms with van der Waals surface area (Å²) in [7, 11) is 0. The minimum atomic E-state index is -1.21. The van der Waals surface area contributed by atoms with Crippen LogP contribution in [0.1, 0.15) is 29.1 Å². The molecule has 0 aliphatic carbocycles. The third-order valence-electron chi connectivity index (χ3n) is 4.91. The number of nitrogens with one attached hydrogen (secondary N) is 1. The Balaban J connectivity index is 1.55. The van der Waals surface area contributed by atoms with E-state index in [4.69, 9.17) is 4.74 Å². The van der Waals surface area contributed by atoms with Crippen LogP contribution in [-0.2, 0) is 4.79 Å². The topological polar surface area (TPSA) is 111 Å². The number of aryl methyl sites for hydroxylation is 1. The predicted molar refractivity (Wildman–Crippen MR) is 122 cm³/mol. The Hall–Kier alpha value is -3.98. The fourth-order valence-corrected chi connectivity index (χ4v) is 4.26. The molecule has 0 saturated carbocycles. The Labute approximate surface area is 186 Å². The molecule has 4 rings (SSSR count). The first kappa shape index (κ1) is 21.3. The molecule has 1 unspecified atom stereocenters. The number of hydrogen-bond acceptors (Lipinski definition) is 6. The molecule has 8 nitrogen and oxygen atoms in total. The van der Waals surface area contributed by atoms with Gasteiger partial charge in [0.2, 0.25) is 5.91 Å². The zero-order chi connectivity index (χ0) is 22.8. The van der Waals surface area contributed by atoms with Crippen molar-refractivity contribution in [2.45, 2.75) is 19.9 Å². The molecule has 2 N–H and O–H groups in total. The van der Waals surface area contributed by atoms with Crippen molar-refractivity contribution in [2.75, 3.05) is 5.32 Å². The Kier molecular flexibility index (Phi) is 5.74. The number of thiophene rings is 1. The molecule has 1 amide bonds. The molecular weight excluding hydrogens is 430 g/mol. The lowest BCUT2D eigenvalue weighted by Gasteiger charge is -2.17. The summed E-state index contributed by atoms with van der Waals surface area (Å²) in [6.07, 6.45) is 0. The van der Waals surface area contributed by atoms with Gasteiger partial charge in [-0.15, -0.1) is 11.3 Å². The average Bonchev–Trinajstić information content (AvgIpc) is 3.20. The third-order valence-corrected chi connectivity index (χ3v) is 5.79. The van der Waals surface area contributed by atoms with Crippen LogP contribution in [0.5, 0.6) is 11.5 Å². The zero-order valence-corrected chi connectivity index (χ0v) is 18.1. The molecule has 0 aliphatic rings. The number of anilines is 1. The van der Waals surface area contributed by atoms with E-state index in [1.54, 1.807) is 38.1 Å². The number of benzene rings is 2. The van der Waals surface area contributed by atoms with E-state index in [-0.39, 0.29) is 10.9 Å². The summed E-state index contributed by atoms with van der Waals surface area (Å²) in [5.74, 6) is 0.00336. The summed E-state index contributed by atoms with van der Waals surface area (Å²) < 4.78 is 6.95. The van der Waals surface area contributed by atoms with Crippen LogP contribution in [0.25, 0.3) is 10.2 Å². The van der Waals surface area contributed by atoms with Crippen LogP contribution in [-0.4, -0.2) is 26.5 Å². The van der Waals surface area contributed by atoms with Gasteiger partial charge in [0.05, 0.1) is 10.9 Å². The molecule has 0 spiro atoms. The Bertz CT molecular complexity index is 1360. The first-order valence-corrected chi connectivity index (χ1v) is 10.6. The molecular formula is C23H19N3O5S. The maximum atomic E-state index is 13.0. The van der Waals surface area contributed by atoms with Gasteiger partial charge >= 0.3 is 5.97 Å². The van der Waals surface area contributed by atoms with Crippen molar-refractivity contribution < 1.29 is 19.4 Å². The number of aromatic carboxylic acids is 1. The van der Waals surface area contributed by atoms with Crippen LogP contribution in [0.3, 0.4) is 0 Å². The van der Waals surface area contributed by atoms with Gasteiger partial charge in [0.15, 0.2) is 0 Å². The van der Waals surface area contributed by atoms with E-state index in [9.17, 15) is 19.5 Å². The van der Waals surface area contributed by atoms with Gasteiger partial charge in [-0.1, -0.05) is 18.2 Å². The van der Waals surface area contributed by atoms with Crippen LogP contribution in [0.15, 0.2) is 64.8 Å². The number of fused-ring (bicyclic) bond motifs is 1. The highest BCUT2D eigenvalue weighted by molar-refractivity contribution is 7.17. The van der Waals surface area contributed by atoms with Crippen LogP contribution in [0.4, 0.5) is 5.69 Å². The number of carboxylic acids is 1. The van der Waals surface area contributed by atoms with E-state index >= 15 is 0 Å². The van der Waals surface area contributed by atoms with Crippen molar-refractivity contribution in [2.24, 2.45) is 0 Å². The third kappa shape index (κ3) is 4.10. The molecule has 0 radical (unpaired) electrons. The van der Waals surface area contributed by atoms with Crippen molar-refractivity contribution in [3.8, 4) is 11.5 Å². The van der Waals surface area contributed by atoms with E-state index in [2.05, 4.69) is 10.3 Å². The van der Waals surface area contributed by atoms with Gasteiger partial charge in [0.25, 0.3) is 5.56 Å². The molecule has 0 saturated heterocycles. The first-order valence-electron chi connectivity index (χ1n) is 9.72. The number of carboxylic acid groups (broad SMARTS) is 1. The lowest BCUT2D eigenvalue weighted by Crippen LogP contribution is -2.34. The second-order valence-corrected chi connectivity index (χ2v) is 7.93. The number of nitrogens with zero attached hydrogens (tertiary/aromatic N) is 2. The second kappa shape index (κ2) is 8.64. The van der Waals surface area contributed by atoms with Crippen LogP contribution in [0.2, 0.25) is 0 Å². The second-order valence-electron chi connectivity index (χ2n) is 7.07. The lowest BCUT2D eigenvalue weighted by molar-refractivity contribution is -0.118. The quantitative estimate of drug-likeness (QED) is 0.450. The Morgan fingerprint density at radius 2 is 1.75 bits per heavy atom. The molecule has 0 fully saturated rings. The minimum Gasteiger partial charge on any atom is -0.478 e. The van der Waals surface area contributed by atoms with Crippen molar-refractivity contribution in [1.82, 2.24) is 9.55 Å². The van der Waals surface area contributed by atoms with E-state index < -0.39 is 23.5 Å². The fourth-order valence-electron chi connectivity index (χ4n) is 3.31. The van der Waals surface area contributed by atoms with Crippen molar-refractivity contribution in [3.63, 3.8) is 0 Å². The SMILES string of the molecule is Cc1nc2scc(C(=O)O)c2c(=O)n1C(C)C(=O)Nc1ccc(Oc2ccccc2)cc1. The van der Waals surface area contributed by atoms with Gasteiger partial charge in [-0.05, 0) is 50.2 Å². The highest BCUT2D eigenvalue weighted by Gasteiger charge is 2.24. The fraction of sp³-hybridized carbons (Fsp3) is 0.130. The lowest BCUT2D eigenvalue weighted by atomic mass is 10.2. The van der Waals surface area contributed by atoms with Crippen LogP contribution < -0.4 is 15.6 Å². The molecule has 4 aromatic rings. The van der Waals surface area contributed by atoms with Crippen LogP contribution >= 0.6 is 11.3 Å². The zero-order valence-electron chi connectivity index (χ0n) is 17.2. The number of hydrogen-bond donors (Lipinski definition) is 2. The standard InChI is InChI=1S/C23H19N3O5S/c1-13(26-14(2)24-21-19(22(26)28)18(12-32-21)23(29)30)20(27)25-15-8-10-17(11-9-15)31-16-6-4-3-5-7-16/h3-13H,1-2H3,(H,25,27)(H,29,30). The maximum absolute atomic E-state index is 13.0. The number of carbonyl (C=O) groups is 2. The van der Waals surface area contributed by atoms with Crippen molar-refractivity contribution in [3.05, 3.63) is 81.7 Å². The highest BCUT2D eigenvalue weighted by Crippen LogP contribution is 2.25. The first-order chi connectivity index (χ1) is 15.3. The number of para-hydroxylation sites is 1. The van der Waals surface area contributed by atoms with E-state index in [1.807, 2.05) is 30.3 Å². The average molecular weight is 449 g/mol. The largest absolute Gasteiger partial charge is 0.478 e. The summed E-state index contributed by atoms with van der Waals surface area (Å²) in [5.41, 5.74) is -0.137. The summed E-state index contributed by atoms with van der Waals surface area (Å²) in [6, 6.07) is 15.3. The molecule has 1 atom stereocenters. The summed E-state index contributed by atoms with van der Waals surface area (Å²) in [4.78, 5) is 42.0. The summed E-state index contributed by atoms with van der Waals surface area (Å²) in [6.45, 7) is 3.18. The number of carbonyl (C=O) groups excluding carboxylic acids is 1. The van der Waals surface area contributed by atoms with Gasteiger partial charge in [-0.25, -0.2) is 9.78 Å². The number of ether oxygens (including phenoxy) is 1. The van der Waals surface area contributed by atoms with Gasteiger partial charge in [-0.2, -0.15) is 0 Å². The van der Waals surface area contributed by atoms with Gasteiger partial charge in [0.1, 0.15) is 28.2 Å². The molecule has 2 aromatic carbocycles. The van der Waals surface area contributed by atoms with Gasteiger partial charge in [0, 0.05) is 11.1 Å². The van der Waals surface area contributed by atoms with E-state index in [0.717, 1.165) is 11.3 Å². The molecule has 32 heavy (non-hydrogen) atoms. The molecule has 162 valence electrons. The Morgan fingerprint density at radius 1 is 1.09 bits per heavy atom. The molecule has 9 heteroatoms. The van der Waals surface area contributed by atoms with Crippen molar-refractivity contribution in [1.29, 1.82) is 0 Å². The molecule has 2 aromatic heterocycles. The predicted octanol–water partition coefficient (Wildman–Crippen LogP) is 4.46. The van der Waals surface area contributed by atoms with Crippen molar-refractivity contribution >= 4 is 39.1 Å². The molecule has 0 bridgehead atoms. The number of aromatic nitrogens is 2. The van der Waals surface area contributed by atoms with Gasteiger partial charge < -0.3 is 15.2 Å². The van der Waals surface area contributed by atoms with E-state index in [1.165, 1.54) is 9.95 Å². The normalized spacial score (nSPS) is 11.8. The summed E-state index contributed by atoms with van der Waals surface area (Å²) in [5, 5.41) is 13.5. The molecule has 0 aliphatic heterocycles. The maximum Gasteiger partial charge on any atom is 0.337 e. The smallest absolute Gasteiger partial charge is 0.337 e. The Morgan fingerprint density at radius 3 is 2.41 bits per heavy atom. The number of rotatable bonds is 6. The van der Waals surface area contributed by atoms with E-state index in [0.29, 0.717) is 27.8 Å². The highest BCUT2D eigenvalue weighted by atomic mass is 32.1. The summed E-state index contributed by atoms with van der Waals surface area (Å²) >= 11 is 1.09. The molecule has 2 heterocycles.